The van der Waals surface area contributed by atoms with Crippen molar-refractivity contribution < 1.29 is 169 Å². The van der Waals surface area contributed by atoms with Crippen LogP contribution in [0, 0.1) is 206 Å². The van der Waals surface area contributed by atoms with Crippen molar-refractivity contribution in [1.82, 2.24) is 49.7 Å². The summed E-state index contributed by atoms with van der Waals surface area (Å²) in [5, 5.41) is 21.4. The molecule has 18 rings (SSSR count). The van der Waals surface area contributed by atoms with Crippen LogP contribution < -0.4 is 48.1 Å². The minimum Gasteiger partial charge on any atom is -0.372 e. The predicted molar refractivity (Wildman–Crippen MR) is 526 cm³/mol. The van der Waals surface area contributed by atoms with Gasteiger partial charge in [-0.25, -0.2) is 57.4 Å². The zero-order valence-corrected chi connectivity index (χ0v) is 91.1. The van der Waals surface area contributed by atoms with Crippen molar-refractivity contribution in [3.8, 4) is 45.0 Å². The van der Waals surface area contributed by atoms with Crippen LogP contribution in [0.4, 0.5) is 104 Å². The molecule has 44 heteroatoms. The molecule has 0 spiro atoms. The molecule has 2 aromatic carbocycles. The van der Waals surface area contributed by atoms with Gasteiger partial charge in [-0.15, -0.1) is 48.5 Å². The van der Waals surface area contributed by atoms with Gasteiger partial charge in [0.2, 0.25) is 0 Å². The first-order valence-corrected chi connectivity index (χ1v) is 43.3. The van der Waals surface area contributed by atoms with Gasteiger partial charge in [-0.2, -0.15) is 173 Å². The second kappa shape index (κ2) is 52.4. The van der Waals surface area contributed by atoms with Gasteiger partial charge in [-0.05, 0) is 59.8 Å². The Labute approximate surface area is 914 Å². The summed E-state index contributed by atoms with van der Waals surface area (Å²) in [6, 6.07) is 45.3. The largest absolute Gasteiger partial charge is 0.372 e. The fourth-order valence-corrected chi connectivity index (χ4v) is 14.3. The minimum atomic E-state index is -0.958. The van der Waals surface area contributed by atoms with Gasteiger partial charge in [0, 0.05) is 157 Å². The molecule has 14 aromatic rings. The number of rotatable bonds is 10. The Hall–Kier alpha value is -14.8. The summed E-state index contributed by atoms with van der Waals surface area (Å²) in [5.74, 6) is -14.4. The summed E-state index contributed by atoms with van der Waals surface area (Å²) in [7, 11) is 18.6. The number of aromatic nitrogens is 12. The SMILES string of the molecule is [CH2-]c1cc(F)nc(F)c1-c1cc(C(C)(C)C)cc[n+]1[CH2-].[CH2-]c1cc(F)nc(F)c1-c1cc(C(C)(C)C)cc[n+]1[CH2-].[CH2-]c1cc(F)nc(F)c1-c1cccc[n+]1[CH2-].[CH2-]c1cc(F)nc(F)c1-c1cccc[n+]1[CH2-].[CH2-]c1cc(F)nc(F)c1N1N=CN(C)C1[CH2-].[CH2-]c1cc(F)nc(F)c1N1N=CN(C)C1[CH2-].[CH2-]c1cc(F)nc(F)c1N1N=CN(c2ccccc2)C1[CH2-].[CH2-]c1cc(F)nc(F)c1N1N=CN(c2ccccc2)C1[CH2-].[Ir].[Ir].[Ir].[Ir]. The predicted octanol–water partition coefficient (Wildman–Crippen LogP) is 19.9. The third-order valence-corrected chi connectivity index (χ3v) is 21.9. The number of halogens is 16. The molecule has 0 N–H and O–H groups in total. The van der Waals surface area contributed by atoms with Crippen molar-refractivity contribution in [2.75, 3.05) is 43.9 Å². The van der Waals surface area contributed by atoms with E-state index >= 15 is 0 Å². The molecular formula is C106H96F16Ir4N24-12. The van der Waals surface area contributed by atoms with Crippen molar-refractivity contribution in [1.29, 1.82) is 0 Å². The van der Waals surface area contributed by atoms with Crippen molar-refractivity contribution in [3.05, 3.63) is 457 Å². The number of pyridine rings is 12. The molecule has 0 bridgehead atoms. The van der Waals surface area contributed by atoms with Crippen LogP contribution in [0.1, 0.15) is 97.2 Å². The van der Waals surface area contributed by atoms with Crippen LogP contribution in [0.3, 0.4) is 0 Å². The Kier molecular flexibility index (Phi) is 42.7. The second-order valence-electron chi connectivity index (χ2n) is 34.2. The van der Waals surface area contributed by atoms with E-state index in [0.717, 1.165) is 71.0 Å². The molecule has 4 unspecified atom stereocenters. The summed E-state index contributed by atoms with van der Waals surface area (Å²) in [5.41, 5.74) is 8.13. The fraction of sp³-hybridized carbons (Fsp3) is 0.132. The molecule has 16 heterocycles. The Morgan fingerprint density at radius 1 is 0.253 bits per heavy atom. The molecular weight excluding hydrogens is 2680 g/mol. The molecule has 0 fully saturated rings. The van der Waals surface area contributed by atoms with Gasteiger partial charge in [0.05, 0.1) is 47.6 Å². The molecule has 24 nitrogen and oxygen atoms in total. The smallest absolute Gasteiger partial charge is 0.183 e. The van der Waals surface area contributed by atoms with Crippen LogP contribution >= 0.6 is 0 Å². The number of nitrogens with zero attached hydrogens (tertiary/aromatic N) is 24. The van der Waals surface area contributed by atoms with Gasteiger partial charge in [-0.1, -0.05) is 172 Å². The normalized spacial score (nSPS) is 14.4. The first-order chi connectivity index (χ1) is 68.7. The van der Waals surface area contributed by atoms with E-state index in [1.807, 2.05) is 84.9 Å². The molecule has 4 aliphatic heterocycles. The molecule has 0 aliphatic carbocycles. The zero-order valence-electron chi connectivity index (χ0n) is 81.5. The summed E-state index contributed by atoms with van der Waals surface area (Å²) >= 11 is 0. The van der Waals surface area contributed by atoms with E-state index in [-0.39, 0.29) is 181 Å². The Morgan fingerprint density at radius 3 is 0.687 bits per heavy atom. The van der Waals surface area contributed by atoms with E-state index in [9.17, 15) is 70.2 Å². The molecule has 0 amide bonds. The quantitative estimate of drug-likeness (QED) is 0.0542. The first-order valence-electron chi connectivity index (χ1n) is 43.3. The van der Waals surface area contributed by atoms with Crippen LogP contribution in [0.2, 0.25) is 0 Å². The first kappa shape index (κ1) is 122. The van der Waals surface area contributed by atoms with Crippen LogP contribution in [-0.2, 0) is 91.3 Å². The van der Waals surface area contributed by atoms with E-state index in [2.05, 4.69) is 213 Å². The van der Waals surface area contributed by atoms with Gasteiger partial charge in [0.15, 0.2) is 95.2 Å². The van der Waals surface area contributed by atoms with Gasteiger partial charge in [0.25, 0.3) is 0 Å². The number of benzene rings is 2. The number of anilines is 6. The molecule has 800 valence electrons. The average molecular weight is 2780 g/mol. The zero-order chi connectivity index (χ0) is 107. The summed E-state index contributed by atoms with van der Waals surface area (Å²) in [6.45, 7) is 56.9. The van der Waals surface area contributed by atoms with Crippen molar-refractivity contribution in [2.24, 2.45) is 20.4 Å². The Bertz CT molecular complexity index is 6600. The van der Waals surface area contributed by atoms with E-state index in [4.69, 9.17) is 0 Å². The maximum Gasteiger partial charge on any atom is 0.183 e. The van der Waals surface area contributed by atoms with Gasteiger partial charge in [-0.3, -0.25) is 0 Å². The van der Waals surface area contributed by atoms with Crippen molar-refractivity contribution in [2.45, 2.75) is 77.0 Å². The molecule has 0 saturated carbocycles. The monoisotopic (exact) mass is 2780 g/mol. The van der Waals surface area contributed by atoms with Gasteiger partial charge >= 0.3 is 0 Å². The maximum atomic E-state index is 14.0. The van der Waals surface area contributed by atoms with Crippen molar-refractivity contribution >= 4 is 59.5 Å². The minimum absolute atomic E-state index is 0. The standard InChI is InChI=1S/2C16H17F2N2.2C15H12F2N4.2C12H9F2N2.2C10H10F2N4.4Ir/c2*1-10-8-13(17)19-15(18)14(10)12-9-11(16(2,3)4)6-7-20(12)5;2*1-10-8-13(16)19-15(17)14(10)21-11(2)20(9-18-21)12-6-4-3-5-7-12;2*1-8-7-10(13)15-12(14)11(8)9-5-3-4-6-16(9)2;2*1-6-4-8(11)14-10(12)9(6)16-7(2)15(3)5-13-16;;;;/h2*6-9H,1,5H2,2-4H3;2*3-9,11H,1-2H2;2*3-7H,1-2H2;2*4-5,7H,1-2H2,3H3;;;;/q2*-1;2*-2;2*-1;2*-2;;;;. The third-order valence-electron chi connectivity index (χ3n) is 21.9. The third kappa shape index (κ3) is 29.5. The van der Waals surface area contributed by atoms with E-state index < -0.39 is 120 Å². The topological polar surface area (TPSA) is 194 Å². The molecule has 4 atom stereocenters. The van der Waals surface area contributed by atoms with Crippen LogP contribution in [0.25, 0.3) is 45.0 Å². The number of hydrogen-bond acceptors (Lipinski definition) is 20. The van der Waals surface area contributed by atoms with E-state index in [1.54, 1.807) is 94.9 Å². The Morgan fingerprint density at radius 2 is 0.467 bits per heavy atom. The molecule has 4 aliphatic rings. The number of para-hydroxylation sites is 2. The molecule has 4 radical (unpaired) electrons. The molecule has 150 heavy (non-hydrogen) atoms. The summed E-state index contributed by atoms with van der Waals surface area (Å²) in [6.07, 6.45) is 11.1. The van der Waals surface area contributed by atoms with E-state index in [0.29, 0.717) is 22.8 Å². The maximum absolute atomic E-state index is 14.0. The second-order valence-corrected chi connectivity index (χ2v) is 34.2. The fourth-order valence-electron chi connectivity index (χ4n) is 14.3. The van der Waals surface area contributed by atoms with E-state index in [1.165, 1.54) is 63.7 Å². The van der Waals surface area contributed by atoms with Gasteiger partial charge < -0.3 is 85.6 Å². The molecule has 0 saturated heterocycles. The van der Waals surface area contributed by atoms with Crippen molar-refractivity contribution in [3.63, 3.8) is 0 Å². The summed E-state index contributed by atoms with van der Waals surface area (Å²) in [4.78, 5) is 32.2. The van der Waals surface area contributed by atoms with Crippen LogP contribution in [-0.4, -0.2) is 114 Å². The number of hydrazone groups is 4. The summed E-state index contributed by atoms with van der Waals surface area (Å²) < 4.78 is 219. The van der Waals surface area contributed by atoms with Gasteiger partial charge in [0.1, 0.15) is 25.4 Å². The number of hydrogen-bond donors (Lipinski definition) is 0. The average Bonchev–Trinajstić information content (AvgIpc) is 1.75. The van der Waals surface area contributed by atoms with Crippen LogP contribution in [0.5, 0.6) is 0 Å². The molecule has 12 aromatic heterocycles. The Balaban J connectivity index is 0.000000231. The van der Waals surface area contributed by atoms with Crippen LogP contribution in [0.15, 0.2) is 215 Å².